The molecule has 0 saturated carbocycles. The summed E-state index contributed by atoms with van der Waals surface area (Å²) in [6, 6.07) is 27.2. The lowest BCUT2D eigenvalue weighted by Gasteiger charge is -2.42. The predicted octanol–water partition coefficient (Wildman–Crippen LogP) is 6.62. The lowest BCUT2D eigenvalue weighted by Crippen LogP contribution is -2.50. The lowest BCUT2D eigenvalue weighted by atomic mass is 9.75. The molecule has 2 aliphatic rings. The van der Waals surface area contributed by atoms with E-state index in [0.717, 1.165) is 0 Å². The van der Waals surface area contributed by atoms with Crippen LogP contribution in [-0.4, -0.2) is 6.04 Å². The molecule has 3 aromatic carbocycles. The van der Waals surface area contributed by atoms with Crippen molar-refractivity contribution >= 4 is 34.0 Å². The van der Waals surface area contributed by atoms with Gasteiger partial charge in [-0.1, -0.05) is 74.5 Å². The summed E-state index contributed by atoms with van der Waals surface area (Å²) in [6.45, 7) is 7.12. The number of pyridine rings is 1. The Morgan fingerprint density at radius 1 is 0.903 bits per heavy atom. The second-order valence-corrected chi connectivity index (χ2v) is 10.6. The van der Waals surface area contributed by atoms with Crippen molar-refractivity contribution < 1.29 is 4.57 Å². The molecule has 0 radical (unpaired) electrons. The minimum atomic E-state index is 0.0105. The molecule has 31 heavy (non-hydrogen) atoms. The molecule has 3 heteroatoms. The third-order valence-electron chi connectivity index (χ3n) is 7.18. The number of anilines is 2. The maximum Gasteiger partial charge on any atom is 0.282 e. The molecule has 154 valence electrons. The summed E-state index contributed by atoms with van der Waals surface area (Å²) in [5.41, 5.74) is 5.67. The van der Waals surface area contributed by atoms with Crippen LogP contribution in [0.5, 0.6) is 0 Å². The Hall–Kier alpha value is -2.78. The maximum atomic E-state index is 2.64. The van der Waals surface area contributed by atoms with Crippen molar-refractivity contribution in [2.45, 2.75) is 42.4 Å². The Labute approximate surface area is 188 Å². The molecular weight excluding hydrogens is 396 g/mol. The van der Waals surface area contributed by atoms with Crippen LogP contribution in [0.15, 0.2) is 83.9 Å². The third kappa shape index (κ3) is 2.62. The molecule has 2 atom stereocenters. The van der Waals surface area contributed by atoms with E-state index in [1.165, 1.54) is 43.9 Å². The van der Waals surface area contributed by atoms with E-state index >= 15 is 0 Å². The molecule has 0 bridgehead atoms. The normalized spacial score (nSPS) is 21.0. The molecular formula is C28H27N2S+. The van der Waals surface area contributed by atoms with Crippen molar-refractivity contribution in [1.82, 2.24) is 0 Å². The van der Waals surface area contributed by atoms with Gasteiger partial charge in [0.15, 0.2) is 0 Å². The first-order valence-electron chi connectivity index (χ1n) is 11.0. The third-order valence-corrected chi connectivity index (χ3v) is 8.55. The molecule has 0 fully saturated rings. The highest BCUT2D eigenvalue weighted by Crippen LogP contribution is 2.61. The molecule has 3 heterocycles. The first kappa shape index (κ1) is 18.9. The summed E-state index contributed by atoms with van der Waals surface area (Å²) >= 11 is 2.04. The lowest BCUT2D eigenvalue weighted by molar-refractivity contribution is -0.657. The Kier molecular flexibility index (Phi) is 4.04. The van der Waals surface area contributed by atoms with Gasteiger partial charge in [0.2, 0.25) is 0 Å². The highest BCUT2D eigenvalue weighted by Gasteiger charge is 2.57. The van der Waals surface area contributed by atoms with Crippen LogP contribution in [0.1, 0.15) is 35.8 Å². The molecule has 0 N–H and O–H groups in total. The van der Waals surface area contributed by atoms with E-state index in [4.69, 9.17) is 0 Å². The van der Waals surface area contributed by atoms with Crippen LogP contribution in [0.3, 0.4) is 0 Å². The van der Waals surface area contributed by atoms with Crippen molar-refractivity contribution in [1.29, 1.82) is 0 Å². The molecule has 6 rings (SSSR count). The molecule has 0 aliphatic carbocycles. The predicted molar refractivity (Wildman–Crippen MR) is 130 cm³/mol. The molecule has 4 aromatic rings. The molecule has 1 aromatic heterocycles. The Bertz CT molecular complexity index is 1340. The van der Waals surface area contributed by atoms with Gasteiger partial charge < -0.3 is 0 Å². The van der Waals surface area contributed by atoms with Crippen LogP contribution in [0.25, 0.3) is 10.8 Å². The number of thioether (sulfide) groups is 1. The first-order chi connectivity index (χ1) is 15.0. The summed E-state index contributed by atoms with van der Waals surface area (Å²) in [4.78, 5) is 4.07. The van der Waals surface area contributed by atoms with E-state index in [2.05, 4.69) is 116 Å². The Morgan fingerprint density at radius 2 is 1.65 bits per heavy atom. The number of hydrogen-bond donors (Lipinski definition) is 0. The quantitative estimate of drug-likeness (QED) is 0.318. The van der Waals surface area contributed by atoms with Crippen LogP contribution < -0.4 is 9.47 Å². The first-order valence-corrected chi connectivity index (χ1v) is 11.9. The summed E-state index contributed by atoms with van der Waals surface area (Å²) in [7, 11) is 2.18. The zero-order chi connectivity index (χ0) is 21.3. The van der Waals surface area contributed by atoms with Crippen LogP contribution in [0, 0.1) is 6.92 Å². The summed E-state index contributed by atoms with van der Waals surface area (Å²) in [5, 5.41) is 2.97. The van der Waals surface area contributed by atoms with Gasteiger partial charge >= 0.3 is 0 Å². The van der Waals surface area contributed by atoms with Gasteiger partial charge in [0.05, 0.1) is 18.5 Å². The highest BCUT2D eigenvalue weighted by molar-refractivity contribution is 7.99. The zero-order valence-electron chi connectivity index (χ0n) is 18.5. The van der Waals surface area contributed by atoms with Gasteiger partial charge in [-0.25, -0.2) is 9.47 Å². The van der Waals surface area contributed by atoms with E-state index in [1.807, 2.05) is 11.8 Å². The molecule has 0 spiro atoms. The van der Waals surface area contributed by atoms with E-state index < -0.39 is 0 Å². The number of benzene rings is 3. The number of nitrogens with zero attached hydrogens (tertiary/aromatic N) is 2. The van der Waals surface area contributed by atoms with E-state index in [0.29, 0.717) is 11.3 Å². The van der Waals surface area contributed by atoms with Crippen molar-refractivity contribution in [3.05, 3.63) is 95.7 Å². The standard InChI is InChI=1S/C28H27N2S/c1-18-10-9-13-21-25(18)30(24-16-19-11-5-6-12-20(19)17-29(24)4)27-26(21)31-23-15-8-7-14-22(23)28(27,2)3/h5-17,26-27H,1-4H3/q+1. The second kappa shape index (κ2) is 6.61. The Balaban J connectivity index is 1.64. The molecule has 2 unspecified atom stereocenters. The van der Waals surface area contributed by atoms with Gasteiger partial charge in [-0.2, -0.15) is 0 Å². The number of rotatable bonds is 1. The molecule has 0 amide bonds. The van der Waals surface area contributed by atoms with Crippen molar-refractivity contribution in [2.24, 2.45) is 7.05 Å². The fourth-order valence-corrected chi connectivity index (χ4v) is 7.48. The van der Waals surface area contributed by atoms with Crippen molar-refractivity contribution in [3.8, 4) is 0 Å². The van der Waals surface area contributed by atoms with Crippen molar-refractivity contribution in [2.75, 3.05) is 4.90 Å². The van der Waals surface area contributed by atoms with Gasteiger partial charge in [-0.05, 0) is 29.5 Å². The maximum absolute atomic E-state index is 2.64. The number of aromatic nitrogens is 1. The number of para-hydroxylation sites is 1. The van der Waals surface area contributed by atoms with E-state index in [-0.39, 0.29) is 5.41 Å². The van der Waals surface area contributed by atoms with Gasteiger partial charge in [-0.3, -0.25) is 0 Å². The summed E-state index contributed by atoms with van der Waals surface area (Å²) in [5.74, 6) is 1.26. The number of hydrogen-bond acceptors (Lipinski definition) is 2. The van der Waals surface area contributed by atoms with Gasteiger partial charge in [-0.15, -0.1) is 11.8 Å². The van der Waals surface area contributed by atoms with Crippen LogP contribution in [-0.2, 0) is 12.5 Å². The smallest absolute Gasteiger partial charge is 0.236 e. The average molecular weight is 424 g/mol. The second-order valence-electron chi connectivity index (χ2n) is 9.46. The fourth-order valence-electron chi connectivity index (χ4n) is 5.68. The highest BCUT2D eigenvalue weighted by atomic mass is 32.2. The zero-order valence-corrected chi connectivity index (χ0v) is 19.3. The Morgan fingerprint density at radius 3 is 2.48 bits per heavy atom. The van der Waals surface area contributed by atoms with Crippen LogP contribution in [0.2, 0.25) is 0 Å². The van der Waals surface area contributed by atoms with E-state index in [1.54, 1.807) is 0 Å². The van der Waals surface area contributed by atoms with Crippen molar-refractivity contribution in [3.63, 3.8) is 0 Å². The monoisotopic (exact) mass is 423 g/mol. The topological polar surface area (TPSA) is 7.12 Å². The van der Waals surface area contributed by atoms with Gasteiger partial charge in [0.1, 0.15) is 11.7 Å². The minimum Gasteiger partial charge on any atom is -0.236 e. The van der Waals surface area contributed by atoms with E-state index in [9.17, 15) is 0 Å². The number of fused-ring (bicyclic) bond motifs is 5. The summed E-state index contributed by atoms with van der Waals surface area (Å²) in [6.07, 6.45) is 2.27. The SMILES string of the molecule is Cc1cccc2c1N(c1cc3ccccc3c[n+]1C)C1C2Sc2ccccc2C1(C)C. The molecule has 2 nitrogen and oxygen atoms in total. The summed E-state index contributed by atoms with van der Waals surface area (Å²) < 4.78 is 2.31. The van der Waals surface area contributed by atoms with Crippen LogP contribution in [0.4, 0.5) is 11.5 Å². The van der Waals surface area contributed by atoms with Crippen LogP contribution >= 0.6 is 11.8 Å². The van der Waals surface area contributed by atoms with Gasteiger partial charge in [0, 0.05) is 27.3 Å². The van der Waals surface area contributed by atoms with Gasteiger partial charge in [0.25, 0.3) is 5.82 Å². The fraction of sp³-hybridized carbons (Fsp3) is 0.250. The molecule has 2 aliphatic heterocycles. The largest absolute Gasteiger partial charge is 0.282 e. The average Bonchev–Trinajstić information content (AvgIpc) is 3.10. The number of aryl methyl sites for hydroxylation is 2. The minimum absolute atomic E-state index is 0.0105. The molecule has 0 saturated heterocycles.